The Bertz CT molecular complexity index is 440. The zero-order chi connectivity index (χ0) is 11.5. The maximum atomic E-state index is 11.3. The van der Waals surface area contributed by atoms with Crippen molar-refractivity contribution in [3.63, 3.8) is 0 Å². The van der Waals surface area contributed by atoms with Crippen molar-refractivity contribution in [2.45, 2.75) is 13.3 Å². The molecule has 15 heavy (non-hydrogen) atoms. The van der Waals surface area contributed by atoms with E-state index in [1.54, 1.807) is 18.2 Å². The van der Waals surface area contributed by atoms with Gasteiger partial charge in [-0.25, -0.2) is 0 Å². The van der Waals surface area contributed by atoms with Crippen LogP contribution in [0.1, 0.15) is 13.3 Å². The molecule has 6 heteroatoms. The van der Waals surface area contributed by atoms with Crippen LogP contribution < -0.4 is 4.31 Å². The fraction of sp³-hybridized carbons (Fsp3) is 0.222. The van der Waals surface area contributed by atoms with Gasteiger partial charge in [0.15, 0.2) is 0 Å². The topological polar surface area (TPSA) is 74.7 Å². The highest BCUT2D eigenvalue weighted by molar-refractivity contribution is 7.88. The van der Waals surface area contributed by atoms with Crippen molar-refractivity contribution in [2.24, 2.45) is 0 Å². The summed E-state index contributed by atoms with van der Waals surface area (Å²) < 4.78 is 31.3. The van der Waals surface area contributed by atoms with E-state index in [4.69, 9.17) is 4.55 Å². The molecular weight excluding hydrogens is 218 g/mol. The van der Waals surface area contributed by atoms with Crippen molar-refractivity contribution in [3.05, 3.63) is 30.3 Å². The van der Waals surface area contributed by atoms with Crippen molar-refractivity contribution in [2.75, 3.05) is 4.31 Å². The van der Waals surface area contributed by atoms with Crippen LogP contribution in [0.2, 0.25) is 0 Å². The van der Waals surface area contributed by atoms with Gasteiger partial charge >= 0.3 is 10.3 Å². The molecule has 0 aliphatic heterocycles. The van der Waals surface area contributed by atoms with Gasteiger partial charge in [-0.3, -0.25) is 9.35 Å². The molecule has 0 saturated heterocycles. The Morgan fingerprint density at radius 2 is 1.87 bits per heavy atom. The molecule has 82 valence electrons. The lowest BCUT2D eigenvalue weighted by atomic mass is 10.3. The number of nitrogens with zero attached hydrogens (tertiary/aromatic N) is 1. The van der Waals surface area contributed by atoms with E-state index in [1.807, 2.05) is 0 Å². The molecule has 0 unspecified atom stereocenters. The minimum absolute atomic E-state index is 0.00527. The summed E-state index contributed by atoms with van der Waals surface area (Å²) in [5.41, 5.74) is 0.131. The number of amides is 1. The van der Waals surface area contributed by atoms with Crippen LogP contribution in [0.4, 0.5) is 5.69 Å². The Kier molecular flexibility index (Phi) is 3.43. The molecule has 0 bridgehead atoms. The highest BCUT2D eigenvalue weighted by Gasteiger charge is 2.25. The summed E-state index contributed by atoms with van der Waals surface area (Å²) in [5, 5.41) is 0. The predicted octanol–water partition coefficient (Wildman–Crippen LogP) is 1.23. The number of hydrogen-bond acceptors (Lipinski definition) is 3. The molecule has 0 aliphatic rings. The van der Waals surface area contributed by atoms with E-state index >= 15 is 0 Å². The Labute approximate surface area is 88.2 Å². The third-order valence-corrected chi connectivity index (χ3v) is 2.63. The monoisotopic (exact) mass is 229 g/mol. The van der Waals surface area contributed by atoms with Gasteiger partial charge in [0.1, 0.15) is 0 Å². The number of rotatable bonds is 3. The zero-order valence-corrected chi connectivity index (χ0v) is 8.94. The van der Waals surface area contributed by atoms with Gasteiger partial charge in [0.2, 0.25) is 5.91 Å². The van der Waals surface area contributed by atoms with E-state index in [-0.39, 0.29) is 12.1 Å². The first-order valence-electron chi connectivity index (χ1n) is 4.32. The molecule has 5 nitrogen and oxygen atoms in total. The normalized spacial score (nSPS) is 11.1. The number of carbonyl (C=O) groups is 1. The van der Waals surface area contributed by atoms with Crippen LogP contribution in [0.5, 0.6) is 0 Å². The van der Waals surface area contributed by atoms with Gasteiger partial charge in [0, 0.05) is 6.42 Å². The first-order chi connectivity index (χ1) is 6.96. The van der Waals surface area contributed by atoms with Crippen LogP contribution >= 0.6 is 0 Å². The highest BCUT2D eigenvalue weighted by atomic mass is 32.2. The van der Waals surface area contributed by atoms with Gasteiger partial charge in [0.25, 0.3) is 0 Å². The van der Waals surface area contributed by atoms with Crippen molar-refractivity contribution < 1.29 is 17.8 Å². The van der Waals surface area contributed by atoms with E-state index in [9.17, 15) is 13.2 Å². The fourth-order valence-corrected chi connectivity index (χ4v) is 1.89. The minimum atomic E-state index is -4.55. The first kappa shape index (κ1) is 11.7. The fourth-order valence-electron chi connectivity index (χ4n) is 1.11. The SMILES string of the molecule is CCC(=O)N(c1ccccc1)S(=O)(=O)O. The molecule has 0 fully saturated rings. The second kappa shape index (κ2) is 4.41. The maximum absolute atomic E-state index is 11.3. The van der Waals surface area contributed by atoms with Crippen molar-refractivity contribution in [1.29, 1.82) is 0 Å². The van der Waals surface area contributed by atoms with Crippen LogP contribution in [-0.4, -0.2) is 18.9 Å². The molecular formula is C9H11NO4S. The van der Waals surface area contributed by atoms with E-state index < -0.39 is 16.2 Å². The molecule has 1 N–H and O–H groups in total. The summed E-state index contributed by atoms with van der Waals surface area (Å²) in [4.78, 5) is 11.3. The third kappa shape index (κ3) is 2.77. The lowest BCUT2D eigenvalue weighted by molar-refractivity contribution is -0.117. The number of anilines is 1. The van der Waals surface area contributed by atoms with Gasteiger partial charge in [-0.05, 0) is 12.1 Å². The quantitative estimate of drug-likeness (QED) is 0.791. The van der Waals surface area contributed by atoms with Gasteiger partial charge in [-0.2, -0.15) is 12.7 Å². The summed E-state index contributed by atoms with van der Waals surface area (Å²) in [5.74, 6) is -0.677. The zero-order valence-electron chi connectivity index (χ0n) is 8.12. The molecule has 0 heterocycles. The molecule has 0 aromatic heterocycles. The van der Waals surface area contributed by atoms with Crippen LogP contribution in [0.3, 0.4) is 0 Å². The molecule has 0 aliphatic carbocycles. The van der Waals surface area contributed by atoms with Gasteiger partial charge in [0.05, 0.1) is 5.69 Å². The van der Waals surface area contributed by atoms with E-state index in [0.717, 1.165) is 0 Å². The number of carbonyl (C=O) groups excluding carboxylic acids is 1. The second-order valence-electron chi connectivity index (χ2n) is 2.83. The van der Waals surface area contributed by atoms with Gasteiger partial charge < -0.3 is 0 Å². The molecule has 1 aromatic rings. The maximum Gasteiger partial charge on any atom is 0.366 e. The summed E-state index contributed by atoms with van der Waals surface area (Å²) in [6.07, 6.45) is -0.00527. The predicted molar refractivity (Wildman–Crippen MR) is 55.8 cm³/mol. The lowest BCUT2D eigenvalue weighted by Gasteiger charge is -2.17. The standard InChI is InChI=1S/C9H11NO4S/c1-2-9(11)10(15(12,13)14)8-6-4-3-5-7-8/h3-7H,2H2,1H3,(H,12,13,14). The average molecular weight is 229 g/mol. The Morgan fingerprint density at radius 1 is 1.33 bits per heavy atom. The minimum Gasteiger partial charge on any atom is -0.273 e. The molecule has 0 spiro atoms. The highest BCUT2D eigenvalue weighted by Crippen LogP contribution is 2.17. The smallest absolute Gasteiger partial charge is 0.273 e. The molecule has 0 radical (unpaired) electrons. The number of benzene rings is 1. The molecule has 1 amide bonds. The van der Waals surface area contributed by atoms with E-state index in [0.29, 0.717) is 4.31 Å². The van der Waals surface area contributed by atoms with Gasteiger partial charge in [-0.15, -0.1) is 0 Å². The van der Waals surface area contributed by atoms with E-state index in [2.05, 4.69) is 0 Å². The largest absolute Gasteiger partial charge is 0.366 e. The van der Waals surface area contributed by atoms with Crippen molar-refractivity contribution in [1.82, 2.24) is 0 Å². The first-order valence-corrected chi connectivity index (χ1v) is 5.72. The van der Waals surface area contributed by atoms with Gasteiger partial charge in [-0.1, -0.05) is 25.1 Å². The molecule has 1 aromatic carbocycles. The Hall–Kier alpha value is -1.40. The van der Waals surface area contributed by atoms with Crippen LogP contribution in [0.25, 0.3) is 0 Å². The summed E-state index contributed by atoms with van der Waals surface area (Å²) >= 11 is 0. The molecule has 0 saturated carbocycles. The Morgan fingerprint density at radius 3 is 2.27 bits per heavy atom. The van der Waals surface area contributed by atoms with E-state index in [1.165, 1.54) is 19.1 Å². The number of hydrogen-bond donors (Lipinski definition) is 1. The lowest BCUT2D eigenvalue weighted by Crippen LogP contribution is -2.35. The summed E-state index contributed by atoms with van der Waals surface area (Å²) in [6, 6.07) is 7.71. The number of para-hydroxylation sites is 1. The Balaban J connectivity index is 3.20. The van der Waals surface area contributed by atoms with Crippen molar-refractivity contribution >= 4 is 21.9 Å². The average Bonchev–Trinajstić information content (AvgIpc) is 2.17. The van der Waals surface area contributed by atoms with Crippen LogP contribution in [0, 0.1) is 0 Å². The third-order valence-electron chi connectivity index (χ3n) is 1.75. The summed E-state index contributed by atoms with van der Waals surface area (Å²) in [6.45, 7) is 1.52. The second-order valence-corrected chi connectivity index (χ2v) is 4.09. The molecule has 1 rings (SSSR count). The van der Waals surface area contributed by atoms with Crippen molar-refractivity contribution in [3.8, 4) is 0 Å². The van der Waals surface area contributed by atoms with Crippen LogP contribution in [0.15, 0.2) is 30.3 Å². The molecule has 0 atom stereocenters. The summed E-state index contributed by atoms with van der Waals surface area (Å²) in [7, 11) is -4.55. The van der Waals surface area contributed by atoms with Crippen LogP contribution in [-0.2, 0) is 15.1 Å².